The zero-order valence-corrected chi connectivity index (χ0v) is 13.4. The molecule has 20 heavy (non-hydrogen) atoms. The Morgan fingerprint density at radius 3 is 2.90 bits per heavy atom. The minimum absolute atomic E-state index is 0.135. The Kier molecular flexibility index (Phi) is 8.30. The smallest absolute Gasteiger partial charge is 0.314 e. The molecule has 0 aliphatic rings. The molecule has 3 N–H and O–H groups in total. The van der Waals surface area contributed by atoms with Gasteiger partial charge < -0.3 is 15.7 Å². The Hall–Kier alpha value is -1.07. The molecule has 112 valence electrons. The second-order valence-corrected chi connectivity index (χ2v) is 5.90. The molecular formula is C15H23BrN2O2. The first kappa shape index (κ1) is 17.0. The van der Waals surface area contributed by atoms with Crippen molar-refractivity contribution in [2.45, 2.75) is 26.2 Å². The first-order chi connectivity index (χ1) is 9.61. The quantitative estimate of drug-likeness (QED) is 0.636. The Morgan fingerprint density at radius 2 is 2.20 bits per heavy atom. The maximum absolute atomic E-state index is 11.5. The lowest BCUT2D eigenvalue weighted by Gasteiger charge is -2.12. The number of hydrogen-bond donors (Lipinski definition) is 3. The largest absolute Gasteiger partial charge is 0.396 e. The summed E-state index contributed by atoms with van der Waals surface area (Å²) in [5.74, 6) is 0.299. The number of aliphatic hydroxyl groups excluding tert-OH is 1. The van der Waals surface area contributed by atoms with Gasteiger partial charge in [0, 0.05) is 24.2 Å². The molecule has 1 atom stereocenters. The SMILES string of the molecule is CC(CCO)CNC(=O)NCCCc1cccc(Br)c1. The van der Waals surface area contributed by atoms with Crippen molar-refractivity contribution in [1.29, 1.82) is 0 Å². The number of carbonyl (C=O) groups is 1. The molecule has 0 radical (unpaired) electrons. The summed E-state index contributed by atoms with van der Waals surface area (Å²) < 4.78 is 1.08. The van der Waals surface area contributed by atoms with Crippen molar-refractivity contribution in [2.75, 3.05) is 19.7 Å². The Balaban J connectivity index is 2.10. The van der Waals surface area contributed by atoms with Gasteiger partial charge in [-0.15, -0.1) is 0 Å². The van der Waals surface area contributed by atoms with Gasteiger partial charge in [-0.25, -0.2) is 4.79 Å². The Labute approximate surface area is 129 Å². The number of benzene rings is 1. The van der Waals surface area contributed by atoms with Crippen LogP contribution in [0.3, 0.4) is 0 Å². The molecule has 1 aromatic rings. The fourth-order valence-corrected chi connectivity index (χ4v) is 2.29. The summed E-state index contributed by atoms with van der Waals surface area (Å²) in [6, 6.07) is 8.06. The molecule has 0 saturated carbocycles. The van der Waals surface area contributed by atoms with Gasteiger partial charge in [0.15, 0.2) is 0 Å². The summed E-state index contributed by atoms with van der Waals surface area (Å²) in [7, 11) is 0. The lowest BCUT2D eigenvalue weighted by molar-refractivity contribution is 0.234. The number of aryl methyl sites for hydroxylation is 1. The van der Waals surface area contributed by atoms with E-state index in [1.807, 2.05) is 19.1 Å². The van der Waals surface area contributed by atoms with Crippen molar-refractivity contribution < 1.29 is 9.90 Å². The van der Waals surface area contributed by atoms with Gasteiger partial charge in [-0.1, -0.05) is 35.0 Å². The Morgan fingerprint density at radius 1 is 1.40 bits per heavy atom. The molecule has 0 saturated heterocycles. The van der Waals surface area contributed by atoms with Crippen LogP contribution in [-0.2, 0) is 6.42 Å². The van der Waals surface area contributed by atoms with E-state index in [2.05, 4.69) is 38.7 Å². The summed E-state index contributed by atoms with van der Waals surface area (Å²) in [5, 5.41) is 14.4. The topological polar surface area (TPSA) is 61.4 Å². The molecule has 0 fully saturated rings. The number of amides is 2. The van der Waals surface area contributed by atoms with E-state index in [1.54, 1.807) is 0 Å². The molecule has 0 aliphatic carbocycles. The predicted molar refractivity (Wildman–Crippen MR) is 84.7 cm³/mol. The van der Waals surface area contributed by atoms with E-state index in [0.29, 0.717) is 25.4 Å². The maximum atomic E-state index is 11.5. The molecule has 0 aromatic heterocycles. The van der Waals surface area contributed by atoms with E-state index < -0.39 is 0 Å². The van der Waals surface area contributed by atoms with Gasteiger partial charge in [-0.2, -0.15) is 0 Å². The van der Waals surface area contributed by atoms with Crippen LogP contribution < -0.4 is 10.6 Å². The van der Waals surface area contributed by atoms with Crippen LogP contribution >= 0.6 is 15.9 Å². The number of hydrogen-bond acceptors (Lipinski definition) is 2. The van der Waals surface area contributed by atoms with Crippen LogP contribution in [0.4, 0.5) is 4.79 Å². The number of rotatable bonds is 8. The third-order valence-electron chi connectivity index (χ3n) is 3.05. The molecule has 1 aromatic carbocycles. The van der Waals surface area contributed by atoms with Gasteiger partial charge in [0.1, 0.15) is 0 Å². The minimum atomic E-state index is -0.135. The molecule has 1 rings (SSSR count). The maximum Gasteiger partial charge on any atom is 0.314 e. The van der Waals surface area contributed by atoms with E-state index in [9.17, 15) is 4.79 Å². The minimum Gasteiger partial charge on any atom is -0.396 e. The molecule has 2 amide bonds. The number of nitrogens with one attached hydrogen (secondary N) is 2. The van der Waals surface area contributed by atoms with Crippen LogP contribution in [0.15, 0.2) is 28.7 Å². The zero-order valence-electron chi connectivity index (χ0n) is 11.9. The van der Waals surface area contributed by atoms with Crippen LogP contribution in [0, 0.1) is 5.92 Å². The van der Waals surface area contributed by atoms with Crippen LogP contribution in [-0.4, -0.2) is 30.8 Å². The number of urea groups is 1. The fraction of sp³-hybridized carbons (Fsp3) is 0.533. The average molecular weight is 343 g/mol. The summed E-state index contributed by atoms with van der Waals surface area (Å²) >= 11 is 3.44. The summed E-state index contributed by atoms with van der Waals surface area (Å²) in [5.41, 5.74) is 1.26. The van der Waals surface area contributed by atoms with E-state index in [1.165, 1.54) is 5.56 Å². The highest BCUT2D eigenvalue weighted by Gasteiger charge is 2.04. The van der Waals surface area contributed by atoms with Crippen LogP contribution in [0.5, 0.6) is 0 Å². The standard InChI is InChI=1S/C15H23BrN2O2/c1-12(7-9-19)11-18-15(20)17-8-3-5-13-4-2-6-14(16)10-13/h2,4,6,10,12,19H,3,5,7-9,11H2,1H3,(H2,17,18,20). The van der Waals surface area contributed by atoms with E-state index in [4.69, 9.17) is 5.11 Å². The monoisotopic (exact) mass is 342 g/mol. The van der Waals surface area contributed by atoms with E-state index in [0.717, 1.165) is 17.3 Å². The van der Waals surface area contributed by atoms with Crippen molar-refractivity contribution in [3.05, 3.63) is 34.3 Å². The number of carbonyl (C=O) groups excluding carboxylic acids is 1. The van der Waals surface area contributed by atoms with Crippen LogP contribution in [0.25, 0.3) is 0 Å². The van der Waals surface area contributed by atoms with Crippen molar-refractivity contribution in [1.82, 2.24) is 10.6 Å². The fourth-order valence-electron chi connectivity index (χ4n) is 1.84. The highest BCUT2D eigenvalue weighted by atomic mass is 79.9. The van der Waals surface area contributed by atoms with Crippen molar-refractivity contribution in [3.63, 3.8) is 0 Å². The highest BCUT2D eigenvalue weighted by molar-refractivity contribution is 9.10. The zero-order chi connectivity index (χ0) is 14.8. The van der Waals surface area contributed by atoms with Crippen molar-refractivity contribution >= 4 is 22.0 Å². The van der Waals surface area contributed by atoms with Gasteiger partial charge in [0.2, 0.25) is 0 Å². The first-order valence-corrected chi connectivity index (χ1v) is 7.78. The van der Waals surface area contributed by atoms with E-state index in [-0.39, 0.29) is 12.6 Å². The van der Waals surface area contributed by atoms with Gasteiger partial charge in [-0.05, 0) is 42.9 Å². The lowest BCUT2D eigenvalue weighted by atomic mass is 10.1. The molecule has 0 spiro atoms. The molecule has 1 unspecified atom stereocenters. The highest BCUT2D eigenvalue weighted by Crippen LogP contribution is 2.12. The second-order valence-electron chi connectivity index (χ2n) is 4.99. The number of halogens is 1. The van der Waals surface area contributed by atoms with Gasteiger partial charge in [0.25, 0.3) is 0 Å². The van der Waals surface area contributed by atoms with Crippen molar-refractivity contribution in [3.8, 4) is 0 Å². The molecule has 0 bridgehead atoms. The molecule has 5 heteroatoms. The van der Waals surface area contributed by atoms with Crippen LogP contribution in [0.1, 0.15) is 25.3 Å². The van der Waals surface area contributed by atoms with E-state index >= 15 is 0 Å². The first-order valence-electron chi connectivity index (χ1n) is 6.99. The molecular weight excluding hydrogens is 320 g/mol. The second kappa shape index (κ2) is 9.77. The number of aliphatic hydroxyl groups is 1. The molecule has 4 nitrogen and oxygen atoms in total. The Bertz CT molecular complexity index is 413. The predicted octanol–water partition coefficient (Wildman–Crippen LogP) is 2.70. The summed E-state index contributed by atoms with van der Waals surface area (Å²) in [6.45, 7) is 3.42. The average Bonchev–Trinajstić information content (AvgIpc) is 2.42. The summed E-state index contributed by atoms with van der Waals surface area (Å²) in [4.78, 5) is 11.5. The molecule has 0 aliphatic heterocycles. The van der Waals surface area contributed by atoms with Gasteiger partial charge in [-0.3, -0.25) is 0 Å². The lowest BCUT2D eigenvalue weighted by Crippen LogP contribution is -2.38. The van der Waals surface area contributed by atoms with Gasteiger partial charge in [0.05, 0.1) is 0 Å². The third-order valence-corrected chi connectivity index (χ3v) is 3.54. The molecule has 0 heterocycles. The summed E-state index contributed by atoms with van der Waals surface area (Å²) in [6.07, 6.45) is 2.57. The van der Waals surface area contributed by atoms with Gasteiger partial charge >= 0.3 is 6.03 Å². The van der Waals surface area contributed by atoms with Crippen LogP contribution in [0.2, 0.25) is 0 Å². The normalized spacial score (nSPS) is 11.9. The third kappa shape index (κ3) is 7.50. The van der Waals surface area contributed by atoms with Crippen molar-refractivity contribution in [2.24, 2.45) is 5.92 Å².